The van der Waals surface area contributed by atoms with Gasteiger partial charge in [-0.2, -0.15) is 0 Å². The highest BCUT2D eigenvalue weighted by Gasteiger charge is 2.35. The summed E-state index contributed by atoms with van der Waals surface area (Å²) in [7, 11) is 3.05. The first kappa shape index (κ1) is 22.9. The minimum atomic E-state index is -0.473. The first-order chi connectivity index (χ1) is 14.7. The van der Waals surface area contributed by atoms with Crippen LogP contribution in [0.4, 0.5) is 4.39 Å². The standard InChI is InChI=1S/C22H20BrFN2O4S/c1-4-29-18-11-14(9-16-20(27)25(2)22(31)26(3)21(16)28)10-17(23)19(18)30-12-13-5-7-15(24)8-6-13/h5-11H,4,12H2,1-3H3. The molecule has 1 aliphatic heterocycles. The van der Waals surface area contributed by atoms with E-state index in [0.717, 1.165) is 5.56 Å². The van der Waals surface area contributed by atoms with E-state index in [2.05, 4.69) is 15.9 Å². The number of amides is 2. The minimum absolute atomic E-state index is 0.00655. The van der Waals surface area contributed by atoms with E-state index in [0.29, 0.717) is 28.1 Å². The molecule has 0 N–H and O–H groups in total. The predicted octanol–water partition coefficient (Wildman–Crippen LogP) is 4.16. The van der Waals surface area contributed by atoms with E-state index >= 15 is 0 Å². The van der Waals surface area contributed by atoms with Crippen LogP contribution in [-0.2, 0) is 16.2 Å². The molecule has 6 nitrogen and oxygen atoms in total. The monoisotopic (exact) mass is 506 g/mol. The Balaban J connectivity index is 1.93. The van der Waals surface area contributed by atoms with Crippen molar-refractivity contribution in [3.63, 3.8) is 0 Å². The fraction of sp³-hybridized carbons (Fsp3) is 0.227. The third-order valence-electron chi connectivity index (χ3n) is 4.58. The van der Waals surface area contributed by atoms with Crippen molar-refractivity contribution in [2.24, 2.45) is 0 Å². The van der Waals surface area contributed by atoms with Crippen LogP contribution >= 0.6 is 28.1 Å². The molecule has 0 radical (unpaired) electrons. The van der Waals surface area contributed by atoms with E-state index in [-0.39, 0.29) is 23.1 Å². The lowest BCUT2D eigenvalue weighted by Crippen LogP contribution is -2.52. The van der Waals surface area contributed by atoms with Crippen molar-refractivity contribution in [2.45, 2.75) is 13.5 Å². The molecule has 0 unspecified atom stereocenters. The van der Waals surface area contributed by atoms with Crippen LogP contribution in [0.15, 0.2) is 46.4 Å². The van der Waals surface area contributed by atoms with Crippen LogP contribution in [0.5, 0.6) is 11.5 Å². The highest BCUT2D eigenvalue weighted by molar-refractivity contribution is 9.10. The fourth-order valence-corrected chi connectivity index (χ4v) is 3.69. The second-order valence-corrected chi connectivity index (χ2v) is 7.97. The number of hydrogen-bond donors (Lipinski definition) is 0. The van der Waals surface area contributed by atoms with Crippen LogP contribution < -0.4 is 9.47 Å². The number of rotatable bonds is 6. The number of hydrogen-bond acceptors (Lipinski definition) is 5. The summed E-state index contributed by atoms with van der Waals surface area (Å²) in [6.45, 7) is 2.43. The molecule has 9 heteroatoms. The zero-order valence-electron chi connectivity index (χ0n) is 17.1. The molecule has 1 aliphatic rings. The van der Waals surface area contributed by atoms with Gasteiger partial charge in [-0.15, -0.1) is 0 Å². The number of halogens is 2. The second kappa shape index (κ2) is 9.57. The summed E-state index contributed by atoms with van der Waals surface area (Å²) in [4.78, 5) is 27.6. The van der Waals surface area contributed by atoms with Gasteiger partial charge in [0.05, 0.1) is 11.1 Å². The highest BCUT2D eigenvalue weighted by atomic mass is 79.9. The van der Waals surface area contributed by atoms with E-state index in [4.69, 9.17) is 21.7 Å². The van der Waals surface area contributed by atoms with Gasteiger partial charge in [0.2, 0.25) is 0 Å². The molecule has 1 saturated heterocycles. The Kier molecular flexibility index (Phi) is 7.07. The van der Waals surface area contributed by atoms with Gasteiger partial charge in [0, 0.05) is 14.1 Å². The van der Waals surface area contributed by atoms with Crippen molar-refractivity contribution in [1.29, 1.82) is 0 Å². The SMILES string of the molecule is CCOc1cc(C=C2C(=O)N(C)C(=S)N(C)C2=O)cc(Br)c1OCc1ccc(F)cc1. The van der Waals surface area contributed by atoms with Crippen molar-refractivity contribution in [3.05, 3.63) is 63.4 Å². The van der Waals surface area contributed by atoms with Crippen molar-refractivity contribution in [1.82, 2.24) is 9.80 Å². The third kappa shape index (κ3) is 4.94. The first-order valence-electron chi connectivity index (χ1n) is 9.38. The van der Waals surface area contributed by atoms with E-state index in [9.17, 15) is 14.0 Å². The number of carbonyl (C=O) groups excluding carboxylic acids is 2. The molecule has 2 aromatic rings. The molecule has 0 bridgehead atoms. The maximum Gasteiger partial charge on any atom is 0.265 e. The number of ether oxygens (including phenoxy) is 2. The zero-order valence-corrected chi connectivity index (χ0v) is 19.5. The summed E-state index contributed by atoms with van der Waals surface area (Å²) in [5.74, 6) is -0.359. The molecule has 31 heavy (non-hydrogen) atoms. The normalized spacial score (nSPS) is 14.2. The molecule has 0 aliphatic carbocycles. The van der Waals surface area contributed by atoms with Crippen molar-refractivity contribution in [3.8, 4) is 11.5 Å². The molecular formula is C22H20BrFN2O4S. The first-order valence-corrected chi connectivity index (χ1v) is 10.6. The Morgan fingerprint density at radius 2 is 1.68 bits per heavy atom. The van der Waals surface area contributed by atoms with Gasteiger partial charge < -0.3 is 9.47 Å². The van der Waals surface area contributed by atoms with E-state index in [1.54, 1.807) is 24.3 Å². The average Bonchev–Trinajstić information content (AvgIpc) is 2.75. The van der Waals surface area contributed by atoms with Crippen LogP contribution in [-0.4, -0.2) is 47.4 Å². The number of carbonyl (C=O) groups is 2. The van der Waals surface area contributed by atoms with Crippen molar-refractivity contribution < 1.29 is 23.5 Å². The molecule has 0 saturated carbocycles. The molecule has 2 aromatic carbocycles. The van der Waals surface area contributed by atoms with Gasteiger partial charge in [0.25, 0.3) is 11.8 Å². The largest absolute Gasteiger partial charge is 0.490 e. The molecule has 1 fully saturated rings. The van der Waals surface area contributed by atoms with Crippen LogP contribution in [0, 0.1) is 5.82 Å². The van der Waals surface area contributed by atoms with Gasteiger partial charge in [0.15, 0.2) is 16.6 Å². The van der Waals surface area contributed by atoms with Crippen LogP contribution in [0.25, 0.3) is 6.08 Å². The van der Waals surface area contributed by atoms with E-state index in [1.165, 1.54) is 42.1 Å². The Hall–Kier alpha value is -2.78. The average molecular weight is 507 g/mol. The Morgan fingerprint density at radius 3 is 2.26 bits per heavy atom. The lowest BCUT2D eigenvalue weighted by atomic mass is 10.1. The summed E-state index contributed by atoms with van der Waals surface area (Å²) in [5.41, 5.74) is 1.37. The van der Waals surface area contributed by atoms with E-state index < -0.39 is 11.8 Å². The van der Waals surface area contributed by atoms with Crippen LogP contribution in [0.1, 0.15) is 18.1 Å². The van der Waals surface area contributed by atoms with Crippen molar-refractivity contribution in [2.75, 3.05) is 20.7 Å². The van der Waals surface area contributed by atoms with Gasteiger partial charge in [-0.25, -0.2) is 4.39 Å². The Labute approximate surface area is 193 Å². The highest BCUT2D eigenvalue weighted by Crippen LogP contribution is 2.38. The molecule has 0 aromatic heterocycles. The predicted molar refractivity (Wildman–Crippen MR) is 122 cm³/mol. The molecular weight excluding hydrogens is 487 g/mol. The fourth-order valence-electron chi connectivity index (χ4n) is 2.95. The molecule has 0 atom stereocenters. The number of likely N-dealkylation sites (N-methyl/N-ethyl adjacent to an activating group) is 2. The number of thiocarbonyl (C=S) groups is 1. The summed E-state index contributed by atoms with van der Waals surface area (Å²) < 4.78 is 25.3. The molecule has 2 amide bonds. The molecule has 0 spiro atoms. The maximum atomic E-state index is 13.1. The van der Waals surface area contributed by atoms with Crippen molar-refractivity contribution >= 4 is 51.2 Å². The summed E-state index contributed by atoms with van der Waals surface area (Å²) in [6, 6.07) is 9.42. The molecule has 1 heterocycles. The topological polar surface area (TPSA) is 59.1 Å². The minimum Gasteiger partial charge on any atom is -0.490 e. The smallest absolute Gasteiger partial charge is 0.265 e. The van der Waals surface area contributed by atoms with Crippen LogP contribution in [0.3, 0.4) is 0 Å². The van der Waals surface area contributed by atoms with Crippen LogP contribution in [0.2, 0.25) is 0 Å². The number of nitrogens with zero attached hydrogens (tertiary/aromatic N) is 2. The van der Waals surface area contributed by atoms with Gasteiger partial charge >= 0.3 is 0 Å². The summed E-state index contributed by atoms with van der Waals surface area (Å²) in [5, 5.41) is 0.146. The zero-order chi connectivity index (χ0) is 22.7. The summed E-state index contributed by atoms with van der Waals surface area (Å²) in [6.07, 6.45) is 1.50. The lowest BCUT2D eigenvalue weighted by Gasteiger charge is -2.31. The lowest BCUT2D eigenvalue weighted by molar-refractivity contribution is -0.132. The van der Waals surface area contributed by atoms with Gasteiger partial charge in [0.1, 0.15) is 18.0 Å². The van der Waals surface area contributed by atoms with Gasteiger partial charge in [-0.1, -0.05) is 12.1 Å². The third-order valence-corrected chi connectivity index (χ3v) is 5.72. The van der Waals surface area contributed by atoms with E-state index in [1.807, 2.05) is 6.92 Å². The quantitative estimate of drug-likeness (QED) is 0.334. The number of benzene rings is 2. The maximum absolute atomic E-state index is 13.1. The molecule has 3 rings (SSSR count). The Morgan fingerprint density at radius 1 is 1.06 bits per heavy atom. The summed E-state index contributed by atoms with van der Waals surface area (Å²) >= 11 is 8.59. The molecule has 162 valence electrons. The van der Waals surface area contributed by atoms with Gasteiger partial charge in [-0.3, -0.25) is 19.4 Å². The second-order valence-electron chi connectivity index (χ2n) is 6.75. The Bertz CT molecular complexity index is 1050. The van der Waals surface area contributed by atoms with Gasteiger partial charge in [-0.05, 0) is 76.5 Å².